The highest BCUT2D eigenvalue weighted by Crippen LogP contribution is 2.17. The molecule has 2 rings (SSSR count). The van der Waals surface area contributed by atoms with Gasteiger partial charge in [-0.1, -0.05) is 0 Å². The van der Waals surface area contributed by atoms with E-state index in [1.54, 1.807) is 13.0 Å². The summed E-state index contributed by atoms with van der Waals surface area (Å²) in [5, 5.41) is 2.22. The SMILES string of the molecule is CCn1c(C)cc(C(=O)OCC(=O)Nc2ccc(F)cc2F)c1C. The number of halogens is 2. The van der Waals surface area contributed by atoms with Crippen molar-refractivity contribution in [2.24, 2.45) is 0 Å². The van der Waals surface area contributed by atoms with E-state index in [1.165, 1.54) is 0 Å². The second-order valence-corrected chi connectivity index (χ2v) is 5.28. The summed E-state index contributed by atoms with van der Waals surface area (Å²) in [4.78, 5) is 23.8. The van der Waals surface area contributed by atoms with Gasteiger partial charge in [0.1, 0.15) is 11.6 Å². The summed E-state index contributed by atoms with van der Waals surface area (Å²) in [5.74, 6) is -2.99. The molecule has 0 radical (unpaired) electrons. The van der Waals surface area contributed by atoms with E-state index in [2.05, 4.69) is 5.32 Å². The summed E-state index contributed by atoms with van der Waals surface area (Å²) in [6.45, 7) is 5.78. The number of carbonyl (C=O) groups is 2. The van der Waals surface area contributed by atoms with E-state index in [-0.39, 0.29) is 5.69 Å². The number of aryl methyl sites for hydroxylation is 1. The predicted molar refractivity (Wildman–Crippen MR) is 84.9 cm³/mol. The number of amides is 1. The van der Waals surface area contributed by atoms with Crippen molar-refractivity contribution in [1.29, 1.82) is 0 Å². The van der Waals surface area contributed by atoms with Crippen LogP contribution in [0.4, 0.5) is 14.5 Å². The van der Waals surface area contributed by atoms with Crippen LogP contribution in [0, 0.1) is 25.5 Å². The Kier molecular flexibility index (Phi) is 5.33. The lowest BCUT2D eigenvalue weighted by molar-refractivity contribution is -0.119. The van der Waals surface area contributed by atoms with Crippen molar-refractivity contribution in [1.82, 2.24) is 4.57 Å². The molecular weight excluding hydrogens is 318 g/mol. The van der Waals surface area contributed by atoms with Crippen molar-refractivity contribution in [2.75, 3.05) is 11.9 Å². The van der Waals surface area contributed by atoms with Crippen LogP contribution >= 0.6 is 0 Å². The number of nitrogens with zero attached hydrogens (tertiary/aromatic N) is 1. The Hall–Kier alpha value is -2.70. The fourth-order valence-electron chi connectivity index (χ4n) is 2.48. The monoisotopic (exact) mass is 336 g/mol. The fourth-order valence-corrected chi connectivity index (χ4v) is 2.48. The zero-order valence-corrected chi connectivity index (χ0v) is 13.7. The normalized spacial score (nSPS) is 10.5. The van der Waals surface area contributed by atoms with Gasteiger partial charge < -0.3 is 14.6 Å². The van der Waals surface area contributed by atoms with Crippen molar-refractivity contribution in [2.45, 2.75) is 27.3 Å². The lowest BCUT2D eigenvalue weighted by Gasteiger charge is -2.08. The van der Waals surface area contributed by atoms with Gasteiger partial charge in [0.2, 0.25) is 0 Å². The summed E-state index contributed by atoms with van der Waals surface area (Å²) >= 11 is 0. The van der Waals surface area contributed by atoms with Crippen LogP contribution in [0.25, 0.3) is 0 Å². The number of rotatable bonds is 5. The number of benzene rings is 1. The second kappa shape index (κ2) is 7.25. The molecule has 2 aromatic rings. The molecule has 1 aromatic carbocycles. The standard InChI is InChI=1S/C17H18F2N2O3/c1-4-21-10(2)7-13(11(21)3)17(23)24-9-16(22)20-15-6-5-12(18)8-14(15)19/h5-8H,4,9H2,1-3H3,(H,20,22). The van der Waals surface area contributed by atoms with Gasteiger partial charge in [-0.2, -0.15) is 0 Å². The number of hydrogen-bond donors (Lipinski definition) is 1. The van der Waals surface area contributed by atoms with Gasteiger partial charge in [-0.3, -0.25) is 4.79 Å². The largest absolute Gasteiger partial charge is 0.452 e. The molecule has 0 atom stereocenters. The van der Waals surface area contributed by atoms with Crippen LogP contribution in [0.5, 0.6) is 0 Å². The second-order valence-electron chi connectivity index (χ2n) is 5.28. The summed E-state index contributed by atoms with van der Waals surface area (Å²) in [5.41, 5.74) is 1.88. The van der Waals surface area contributed by atoms with E-state index in [4.69, 9.17) is 4.74 Å². The van der Waals surface area contributed by atoms with Crippen LogP contribution in [0.1, 0.15) is 28.7 Å². The molecular formula is C17H18F2N2O3. The van der Waals surface area contributed by atoms with Crippen molar-refractivity contribution < 1.29 is 23.1 Å². The summed E-state index contributed by atoms with van der Waals surface area (Å²) in [6.07, 6.45) is 0. The molecule has 0 aliphatic carbocycles. The highest BCUT2D eigenvalue weighted by molar-refractivity contribution is 5.96. The van der Waals surface area contributed by atoms with Crippen molar-refractivity contribution in [3.8, 4) is 0 Å². The maximum Gasteiger partial charge on any atom is 0.340 e. The molecule has 5 nitrogen and oxygen atoms in total. The Morgan fingerprint density at radius 1 is 1.21 bits per heavy atom. The van der Waals surface area contributed by atoms with E-state index in [1.807, 2.05) is 18.4 Å². The third kappa shape index (κ3) is 3.79. The molecule has 1 amide bonds. The predicted octanol–water partition coefficient (Wildman–Crippen LogP) is 3.20. The molecule has 0 aliphatic heterocycles. The van der Waals surface area contributed by atoms with E-state index in [0.717, 1.165) is 30.1 Å². The highest BCUT2D eigenvalue weighted by Gasteiger charge is 2.18. The van der Waals surface area contributed by atoms with Crippen LogP contribution in [0.2, 0.25) is 0 Å². The molecule has 1 aromatic heterocycles. The molecule has 128 valence electrons. The number of esters is 1. The minimum absolute atomic E-state index is 0.179. The average molecular weight is 336 g/mol. The zero-order chi connectivity index (χ0) is 17.9. The van der Waals surface area contributed by atoms with Crippen molar-refractivity contribution >= 4 is 17.6 Å². The maximum absolute atomic E-state index is 13.4. The van der Waals surface area contributed by atoms with E-state index >= 15 is 0 Å². The molecule has 0 bridgehead atoms. The number of ether oxygens (including phenoxy) is 1. The first kappa shape index (κ1) is 17.7. The maximum atomic E-state index is 13.4. The molecule has 0 aliphatic rings. The Balaban J connectivity index is 1.97. The number of hydrogen-bond acceptors (Lipinski definition) is 3. The molecule has 1 heterocycles. The lowest BCUT2D eigenvalue weighted by Crippen LogP contribution is -2.21. The first-order valence-electron chi connectivity index (χ1n) is 7.42. The number of aromatic nitrogens is 1. The molecule has 0 unspecified atom stereocenters. The minimum atomic E-state index is -0.902. The van der Waals surface area contributed by atoms with Crippen molar-refractivity contribution in [3.63, 3.8) is 0 Å². The molecule has 7 heteroatoms. The minimum Gasteiger partial charge on any atom is -0.452 e. The first-order valence-corrected chi connectivity index (χ1v) is 7.42. The van der Waals surface area contributed by atoms with Gasteiger partial charge in [0.15, 0.2) is 6.61 Å². The fraction of sp³-hybridized carbons (Fsp3) is 0.294. The molecule has 1 N–H and O–H groups in total. The Labute approximate surface area is 138 Å². The molecule has 24 heavy (non-hydrogen) atoms. The Morgan fingerprint density at radius 3 is 2.50 bits per heavy atom. The van der Waals surface area contributed by atoms with Gasteiger partial charge in [-0.25, -0.2) is 13.6 Å². The Morgan fingerprint density at radius 2 is 1.92 bits per heavy atom. The van der Waals surface area contributed by atoms with Crippen LogP contribution < -0.4 is 5.32 Å². The van der Waals surface area contributed by atoms with Gasteiger partial charge in [-0.05, 0) is 39.0 Å². The van der Waals surface area contributed by atoms with Crippen LogP contribution in [-0.4, -0.2) is 23.1 Å². The van der Waals surface area contributed by atoms with Crippen LogP contribution in [-0.2, 0) is 16.1 Å². The van der Waals surface area contributed by atoms with Gasteiger partial charge >= 0.3 is 5.97 Å². The zero-order valence-electron chi connectivity index (χ0n) is 13.7. The van der Waals surface area contributed by atoms with E-state index in [0.29, 0.717) is 11.6 Å². The van der Waals surface area contributed by atoms with Gasteiger partial charge in [0.05, 0.1) is 11.3 Å². The van der Waals surface area contributed by atoms with E-state index in [9.17, 15) is 18.4 Å². The number of carbonyl (C=O) groups excluding carboxylic acids is 2. The molecule has 0 saturated heterocycles. The summed E-state index contributed by atoms with van der Waals surface area (Å²) < 4.78 is 33.2. The smallest absolute Gasteiger partial charge is 0.340 e. The average Bonchev–Trinajstić information content (AvgIpc) is 2.82. The van der Waals surface area contributed by atoms with E-state index < -0.39 is 30.1 Å². The van der Waals surface area contributed by atoms with Gasteiger partial charge in [-0.15, -0.1) is 0 Å². The van der Waals surface area contributed by atoms with Crippen molar-refractivity contribution in [3.05, 3.63) is 52.9 Å². The number of nitrogens with one attached hydrogen (secondary N) is 1. The molecule has 0 fully saturated rings. The molecule has 0 saturated carbocycles. The molecule has 0 spiro atoms. The van der Waals surface area contributed by atoms with Crippen LogP contribution in [0.3, 0.4) is 0 Å². The lowest BCUT2D eigenvalue weighted by atomic mass is 10.2. The highest BCUT2D eigenvalue weighted by atomic mass is 19.1. The third-order valence-corrected chi connectivity index (χ3v) is 3.65. The summed E-state index contributed by atoms with van der Waals surface area (Å²) in [7, 11) is 0. The van der Waals surface area contributed by atoms with Gasteiger partial charge in [0.25, 0.3) is 5.91 Å². The topological polar surface area (TPSA) is 60.3 Å². The van der Waals surface area contributed by atoms with Gasteiger partial charge in [0, 0.05) is 24.0 Å². The Bertz CT molecular complexity index is 784. The summed E-state index contributed by atoms with van der Waals surface area (Å²) in [6, 6.07) is 4.46. The third-order valence-electron chi connectivity index (χ3n) is 3.65. The quantitative estimate of drug-likeness (QED) is 0.853. The first-order chi connectivity index (χ1) is 11.3. The number of anilines is 1. The van der Waals surface area contributed by atoms with Crippen LogP contribution in [0.15, 0.2) is 24.3 Å².